The monoisotopic (exact) mass is 406 g/mol. The zero-order valence-corrected chi connectivity index (χ0v) is 19.6. The van der Waals surface area contributed by atoms with E-state index in [1.807, 2.05) is 13.8 Å². The Hall–Kier alpha value is -1.38. The highest BCUT2D eigenvalue weighted by molar-refractivity contribution is 5.87. The number of unbranched alkanes of at least 4 members (excludes halogenated alkanes) is 6. The van der Waals surface area contributed by atoms with Crippen molar-refractivity contribution in [3.8, 4) is 0 Å². The Morgan fingerprint density at radius 3 is 1.34 bits per heavy atom. The van der Waals surface area contributed by atoms with Gasteiger partial charge in [-0.1, -0.05) is 77.7 Å². The van der Waals surface area contributed by atoms with Gasteiger partial charge in [-0.05, 0) is 64.2 Å². The van der Waals surface area contributed by atoms with E-state index in [-0.39, 0.29) is 23.8 Å². The van der Waals surface area contributed by atoms with Crippen molar-refractivity contribution in [1.82, 2.24) is 0 Å². The summed E-state index contributed by atoms with van der Waals surface area (Å²) in [6.45, 7) is 8.36. The molecule has 0 radical (unpaired) electrons. The molecule has 2 unspecified atom stereocenters. The van der Waals surface area contributed by atoms with E-state index in [0.29, 0.717) is 0 Å². The summed E-state index contributed by atoms with van der Waals surface area (Å²) in [4.78, 5) is 24.8. The molecule has 0 saturated carbocycles. The number of hydrogen-bond donors (Lipinski definition) is 0. The van der Waals surface area contributed by atoms with Gasteiger partial charge in [-0.25, -0.2) is 0 Å². The van der Waals surface area contributed by atoms with E-state index in [9.17, 15) is 9.59 Å². The van der Waals surface area contributed by atoms with Crippen molar-refractivity contribution in [1.29, 1.82) is 0 Å². The number of hydrogen-bond acceptors (Lipinski definition) is 3. The number of carbonyl (C=O) groups is 2. The van der Waals surface area contributed by atoms with E-state index in [4.69, 9.17) is 4.74 Å². The lowest BCUT2D eigenvalue weighted by Crippen LogP contribution is -2.25. The molecule has 29 heavy (non-hydrogen) atoms. The van der Waals surface area contributed by atoms with Crippen molar-refractivity contribution in [3.63, 3.8) is 0 Å². The molecular weight excluding hydrogens is 360 g/mol. The van der Waals surface area contributed by atoms with E-state index in [1.165, 1.54) is 12.8 Å². The summed E-state index contributed by atoms with van der Waals surface area (Å²) in [7, 11) is 0. The molecule has 3 heteroatoms. The van der Waals surface area contributed by atoms with Gasteiger partial charge in [0, 0.05) is 0 Å². The molecule has 0 aromatic heterocycles. The average molecular weight is 407 g/mol. The molecule has 3 nitrogen and oxygen atoms in total. The Bertz CT molecular complexity index is 423. The zero-order chi connectivity index (χ0) is 21.7. The van der Waals surface area contributed by atoms with Crippen LogP contribution in [0, 0.1) is 11.8 Å². The third kappa shape index (κ3) is 15.2. The standard InChI is InChI=1S/C26H46O3/c1-5-9-11-13-15-17-19-21-23(7-3)25(27)29-26(28)24(8-4)22-20-18-16-14-12-10-6-2/h11-14,23-24H,5-10,15-22H2,1-4H3/b13-11+,14-12+. The smallest absolute Gasteiger partial charge is 0.316 e. The largest absolute Gasteiger partial charge is 0.393 e. The van der Waals surface area contributed by atoms with Gasteiger partial charge in [0.25, 0.3) is 0 Å². The number of esters is 2. The molecule has 0 fully saturated rings. The van der Waals surface area contributed by atoms with E-state index in [0.717, 1.165) is 77.0 Å². The zero-order valence-electron chi connectivity index (χ0n) is 19.6. The van der Waals surface area contributed by atoms with Gasteiger partial charge < -0.3 is 4.74 Å². The predicted molar refractivity (Wildman–Crippen MR) is 124 cm³/mol. The van der Waals surface area contributed by atoms with Gasteiger partial charge in [0.05, 0.1) is 11.8 Å². The molecule has 0 aliphatic heterocycles. The normalized spacial score (nSPS) is 13.8. The summed E-state index contributed by atoms with van der Waals surface area (Å²) in [5.41, 5.74) is 0. The number of rotatable bonds is 18. The van der Waals surface area contributed by atoms with Crippen LogP contribution < -0.4 is 0 Å². The molecule has 0 aliphatic carbocycles. The minimum atomic E-state index is -0.319. The Kier molecular flexibility index (Phi) is 19.0. The quantitative estimate of drug-likeness (QED) is 0.100. The first kappa shape index (κ1) is 27.6. The lowest BCUT2D eigenvalue weighted by molar-refractivity contribution is -0.166. The molecule has 0 N–H and O–H groups in total. The third-order valence-corrected chi connectivity index (χ3v) is 5.44. The van der Waals surface area contributed by atoms with Crippen molar-refractivity contribution in [2.24, 2.45) is 11.8 Å². The number of allylic oxidation sites excluding steroid dienone is 4. The van der Waals surface area contributed by atoms with Crippen LogP contribution in [-0.2, 0) is 14.3 Å². The first-order valence-corrected chi connectivity index (χ1v) is 12.2. The van der Waals surface area contributed by atoms with Crippen molar-refractivity contribution < 1.29 is 14.3 Å². The summed E-state index contributed by atoms with van der Waals surface area (Å²) in [6, 6.07) is 0. The van der Waals surface area contributed by atoms with E-state index >= 15 is 0 Å². The second-order valence-corrected chi connectivity index (χ2v) is 8.04. The van der Waals surface area contributed by atoms with E-state index in [2.05, 4.69) is 38.2 Å². The second kappa shape index (κ2) is 19.9. The molecule has 0 spiro atoms. The minimum Gasteiger partial charge on any atom is -0.393 e. The molecule has 0 aromatic carbocycles. The Labute approximate surface area is 180 Å². The first-order chi connectivity index (χ1) is 14.1. The summed E-state index contributed by atoms with van der Waals surface area (Å²) >= 11 is 0. The lowest BCUT2D eigenvalue weighted by Gasteiger charge is -2.16. The average Bonchev–Trinajstić information content (AvgIpc) is 2.72. The second-order valence-electron chi connectivity index (χ2n) is 8.04. The minimum absolute atomic E-state index is 0.153. The van der Waals surface area contributed by atoms with Crippen molar-refractivity contribution in [2.45, 2.75) is 118 Å². The number of carbonyl (C=O) groups excluding carboxylic acids is 2. The van der Waals surface area contributed by atoms with Crippen molar-refractivity contribution in [2.75, 3.05) is 0 Å². The summed E-state index contributed by atoms with van der Waals surface area (Å²) < 4.78 is 5.27. The van der Waals surface area contributed by atoms with Crippen LogP contribution in [0.5, 0.6) is 0 Å². The first-order valence-electron chi connectivity index (χ1n) is 12.2. The van der Waals surface area contributed by atoms with Crippen LogP contribution in [0.3, 0.4) is 0 Å². The van der Waals surface area contributed by atoms with Crippen LogP contribution in [0.1, 0.15) is 118 Å². The van der Waals surface area contributed by atoms with Crippen LogP contribution in [0.4, 0.5) is 0 Å². The lowest BCUT2D eigenvalue weighted by atomic mass is 9.97. The molecule has 0 aromatic rings. The van der Waals surface area contributed by atoms with Gasteiger partial charge >= 0.3 is 11.9 Å². The molecule has 168 valence electrons. The predicted octanol–water partition coefficient (Wildman–Crippen LogP) is 7.94. The molecule has 0 heterocycles. The van der Waals surface area contributed by atoms with Gasteiger partial charge in [0.1, 0.15) is 0 Å². The molecule has 0 amide bonds. The third-order valence-electron chi connectivity index (χ3n) is 5.44. The summed E-state index contributed by atoms with van der Waals surface area (Å²) in [5.74, 6) is -0.945. The molecular formula is C26H46O3. The molecule has 0 saturated heterocycles. The maximum atomic E-state index is 12.4. The maximum Gasteiger partial charge on any atom is 0.316 e. The highest BCUT2D eigenvalue weighted by atomic mass is 16.6. The molecule has 0 rings (SSSR count). The van der Waals surface area contributed by atoms with Crippen LogP contribution in [-0.4, -0.2) is 11.9 Å². The van der Waals surface area contributed by atoms with Crippen molar-refractivity contribution in [3.05, 3.63) is 24.3 Å². The van der Waals surface area contributed by atoms with Crippen LogP contribution in [0.2, 0.25) is 0 Å². The van der Waals surface area contributed by atoms with Gasteiger partial charge in [-0.15, -0.1) is 0 Å². The summed E-state index contributed by atoms with van der Waals surface area (Å²) in [6.07, 6.45) is 23.0. The van der Waals surface area contributed by atoms with Crippen LogP contribution in [0.25, 0.3) is 0 Å². The van der Waals surface area contributed by atoms with Gasteiger partial charge in [0.2, 0.25) is 0 Å². The fraction of sp³-hybridized carbons (Fsp3) is 0.769. The Balaban J connectivity index is 4.17. The van der Waals surface area contributed by atoms with Crippen molar-refractivity contribution >= 4 is 11.9 Å². The Morgan fingerprint density at radius 2 is 1.00 bits per heavy atom. The fourth-order valence-corrected chi connectivity index (χ4v) is 3.35. The number of ether oxygens (including phenoxy) is 1. The van der Waals surface area contributed by atoms with Gasteiger partial charge in [-0.2, -0.15) is 0 Å². The van der Waals surface area contributed by atoms with Gasteiger partial charge in [0.15, 0.2) is 0 Å². The molecule has 2 atom stereocenters. The fourth-order valence-electron chi connectivity index (χ4n) is 3.35. The molecule has 0 aliphatic rings. The summed E-state index contributed by atoms with van der Waals surface area (Å²) in [5, 5.41) is 0. The SMILES string of the molecule is CCC/C=C/CCCCC(CC)C(=O)OC(=O)C(CC)CCCC/C=C/CCC. The highest BCUT2D eigenvalue weighted by Gasteiger charge is 2.25. The molecule has 0 bridgehead atoms. The topological polar surface area (TPSA) is 43.4 Å². The van der Waals surface area contributed by atoms with Crippen LogP contribution >= 0.6 is 0 Å². The highest BCUT2D eigenvalue weighted by Crippen LogP contribution is 2.20. The van der Waals surface area contributed by atoms with Gasteiger partial charge in [-0.3, -0.25) is 9.59 Å². The van der Waals surface area contributed by atoms with E-state index < -0.39 is 0 Å². The Morgan fingerprint density at radius 1 is 0.621 bits per heavy atom. The van der Waals surface area contributed by atoms with Crippen LogP contribution in [0.15, 0.2) is 24.3 Å². The maximum absolute atomic E-state index is 12.4. The van der Waals surface area contributed by atoms with E-state index in [1.54, 1.807) is 0 Å².